The van der Waals surface area contributed by atoms with Crippen LogP contribution in [0.15, 0.2) is 54.6 Å². The molecule has 24 heavy (non-hydrogen) atoms. The van der Waals surface area contributed by atoms with E-state index in [0.717, 1.165) is 18.5 Å². The third-order valence-corrected chi connectivity index (χ3v) is 3.80. The van der Waals surface area contributed by atoms with Crippen LogP contribution in [-0.4, -0.2) is 24.4 Å². The minimum Gasteiger partial charge on any atom is -0.325 e. The predicted octanol–water partition coefficient (Wildman–Crippen LogP) is 1.85. The number of carbonyl (C=O) groups is 2. The minimum absolute atomic E-state index is 0.0513. The molecule has 0 spiro atoms. The number of hydroxylamine groups is 1. The number of rotatable bonds is 6. The topological polar surface area (TPSA) is 79.5 Å². The summed E-state index contributed by atoms with van der Waals surface area (Å²) in [6, 6.07) is 16.1. The van der Waals surface area contributed by atoms with E-state index in [9.17, 15) is 9.59 Å². The molecule has 1 heterocycles. The Bertz CT molecular complexity index is 697. The van der Waals surface area contributed by atoms with Crippen molar-refractivity contribution in [1.82, 2.24) is 10.8 Å². The van der Waals surface area contributed by atoms with Gasteiger partial charge in [0.25, 0.3) is 5.91 Å². The average molecular weight is 325 g/mol. The highest BCUT2D eigenvalue weighted by Gasteiger charge is 2.24. The molecule has 2 aromatic rings. The minimum atomic E-state index is -0.329. The summed E-state index contributed by atoms with van der Waals surface area (Å²) in [7, 11) is 0. The third-order valence-electron chi connectivity index (χ3n) is 3.80. The van der Waals surface area contributed by atoms with E-state index in [2.05, 4.69) is 16.1 Å². The fraction of sp³-hybridized carbons (Fsp3) is 0.222. The first-order valence-corrected chi connectivity index (χ1v) is 7.83. The summed E-state index contributed by atoms with van der Waals surface area (Å²) < 4.78 is 0. The zero-order valence-corrected chi connectivity index (χ0v) is 13.1. The Morgan fingerprint density at radius 1 is 1.08 bits per heavy atom. The highest BCUT2D eigenvalue weighted by molar-refractivity contribution is 5.97. The molecule has 1 fully saturated rings. The van der Waals surface area contributed by atoms with Crippen LogP contribution in [0, 0.1) is 0 Å². The first-order valence-electron chi connectivity index (χ1n) is 7.83. The van der Waals surface area contributed by atoms with E-state index in [4.69, 9.17) is 4.84 Å². The monoisotopic (exact) mass is 325 g/mol. The number of hydrogen-bond acceptors (Lipinski definition) is 4. The van der Waals surface area contributed by atoms with Gasteiger partial charge in [0.2, 0.25) is 5.91 Å². The third kappa shape index (κ3) is 4.18. The van der Waals surface area contributed by atoms with Crippen molar-refractivity contribution >= 4 is 17.5 Å². The molecular formula is C18H19N3O3. The van der Waals surface area contributed by atoms with Gasteiger partial charge in [-0.3, -0.25) is 14.4 Å². The maximum absolute atomic E-state index is 12.0. The van der Waals surface area contributed by atoms with E-state index in [-0.39, 0.29) is 17.9 Å². The van der Waals surface area contributed by atoms with Crippen molar-refractivity contribution in [3.8, 4) is 0 Å². The summed E-state index contributed by atoms with van der Waals surface area (Å²) in [6.45, 7) is 1.18. The molecule has 1 aliphatic heterocycles. The van der Waals surface area contributed by atoms with Gasteiger partial charge in [-0.15, -0.1) is 0 Å². The molecule has 0 radical (unpaired) electrons. The van der Waals surface area contributed by atoms with Gasteiger partial charge in [-0.2, -0.15) is 0 Å². The van der Waals surface area contributed by atoms with E-state index in [1.807, 2.05) is 30.3 Å². The van der Waals surface area contributed by atoms with Crippen molar-refractivity contribution in [3.63, 3.8) is 0 Å². The lowest BCUT2D eigenvalue weighted by atomic mass is 10.1. The van der Waals surface area contributed by atoms with Gasteiger partial charge < -0.3 is 10.6 Å². The summed E-state index contributed by atoms with van der Waals surface area (Å²) >= 11 is 0. The maximum Gasteiger partial charge on any atom is 0.274 e. The Labute approximate surface area is 140 Å². The number of anilines is 1. The molecule has 1 saturated heterocycles. The Hall–Kier alpha value is -2.70. The lowest BCUT2D eigenvalue weighted by Crippen LogP contribution is -2.50. The molecule has 2 amide bonds. The molecule has 6 heteroatoms. The van der Waals surface area contributed by atoms with Crippen LogP contribution in [0.5, 0.6) is 0 Å². The molecule has 3 rings (SSSR count). The Balaban J connectivity index is 1.47. The highest BCUT2D eigenvalue weighted by Crippen LogP contribution is 2.12. The Morgan fingerprint density at radius 2 is 1.79 bits per heavy atom. The van der Waals surface area contributed by atoms with E-state index in [1.165, 1.54) is 0 Å². The van der Waals surface area contributed by atoms with Crippen LogP contribution in [-0.2, 0) is 16.2 Å². The van der Waals surface area contributed by atoms with Crippen molar-refractivity contribution in [1.29, 1.82) is 0 Å². The molecule has 124 valence electrons. The van der Waals surface area contributed by atoms with Crippen LogP contribution in [0.1, 0.15) is 22.3 Å². The van der Waals surface area contributed by atoms with Gasteiger partial charge in [0.15, 0.2) is 0 Å². The van der Waals surface area contributed by atoms with Crippen LogP contribution in [0.4, 0.5) is 5.69 Å². The summed E-state index contributed by atoms with van der Waals surface area (Å²) in [5, 5.41) is 5.85. The predicted molar refractivity (Wildman–Crippen MR) is 90.2 cm³/mol. The molecule has 2 aromatic carbocycles. The molecular weight excluding hydrogens is 306 g/mol. The number of nitrogens with one attached hydrogen (secondary N) is 3. The quantitative estimate of drug-likeness (QED) is 0.708. The molecule has 3 N–H and O–H groups in total. The summed E-state index contributed by atoms with van der Waals surface area (Å²) in [5.74, 6) is -0.380. The van der Waals surface area contributed by atoms with Gasteiger partial charge in [0.1, 0.15) is 0 Å². The Kier molecular flexibility index (Phi) is 5.20. The molecule has 0 aliphatic carbocycles. The molecule has 0 aromatic heterocycles. The van der Waals surface area contributed by atoms with Crippen LogP contribution in [0.25, 0.3) is 0 Å². The van der Waals surface area contributed by atoms with Crippen LogP contribution >= 0.6 is 0 Å². The second-order valence-corrected chi connectivity index (χ2v) is 5.57. The van der Waals surface area contributed by atoms with Crippen LogP contribution in [0.2, 0.25) is 0 Å². The van der Waals surface area contributed by atoms with Gasteiger partial charge >= 0.3 is 0 Å². The SMILES string of the molecule is O=C(NOCc1ccccc1)c1ccc(NC(=O)[C@H]2CCN2)cc1. The van der Waals surface area contributed by atoms with Crippen molar-refractivity contribution in [2.24, 2.45) is 0 Å². The molecule has 0 bridgehead atoms. The Morgan fingerprint density at radius 3 is 2.42 bits per heavy atom. The number of hydrogen-bond donors (Lipinski definition) is 3. The van der Waals surface area contributed by atoms with Gasteiger partial charge in [-0.25, -0.2) is 5.48 Å². The van der Waals surface area contributed by atoms with Gasteiger partial charge in [0, 0.05) is 11.3 Å². The second kappa shape index (κ2) is 7.72. The number of amides is 2. The van der Waals surface area contributed by atoms with E-state index >= 15 is 0 Å². The summed E-state index contributed by atoms with van der Waals surface area (Å²) in [6.07, 6.45) is 0.852. The van der Waals surface area contributed by atoms with Crippen molar-refractivity contribution in [3.05, 3.63) is 65.7 Å². The lowest BCUT2D eigenvalue weighted by molar-refractivity contribution is -0.119. The molecule has 0 saturated carbocycles. The van der Waals surface area contributed by atoms with E-state index < -0.39 is 0 Å². The molecule has 1 aliphatic rings. The first-order chi connectivity index (χ1) is 11.7. The van der Waals surface area contributed by atoms with Crippen LogP contribution < -0.4 is 16.1 Å². The lowest BCUT2D eigenvalue weighted by Gasteiger charge is -2.26. The summed E-state index contributed by atoms with van der Waals surface area (Å²) in [4.78, 5) is 29.0. The van der Waals surface area contributed by atoms with Crippen molar-refractivity contribution in [2.75, 3.05) is 11.9 Å². The maximum atomic E-state index is 12.0. The van der Waals surface area contributed by atoms with Gasteiger partial charge in [-0.05, 0) is 42.8 Å². The number of carbonyl (C=O) groups excluding carboxylic acids is 2. The molecule has 1 atom stereocenters. The zero-order chi connectivity index (χ0) is 16.8. The highest BCUT2D eigenvalue weighted by atomic mass is 16.6. The van der Waals surface area contributed by atoms with Gasteiger partial charge in [-0.1, -0.05) is 30.3 Å². The fourth-order valence-electron chi connectivity index (χ4n) is 2.26. The smallest absolute Gasteiger partial charge is 0.274 e. The van der Waals surface area contributed by atoms with E-state index in [1.54, 1.807) is 24.3 Å². The van der Waals surface area contributed by atoms with E-state index in [0.29, 0.717) is 17.9 Å². The first kappa shape index (κ1) is 16.2. The summed E-state index contributed by atoms with van der Waals surface area (Å²) in [5.41, 5.74) is 4.50. The number of benzene rings is 2. The normalized spacial score (nSPS) is 16.1. The molecule has 0 unspecified atom stereocenters. The standard InChI is InChI=1S/C18H19N3O3/c22-17(21-24-12-13-4-2-1-3-5-13)14-6-8-15(9-7-14)20-18(23)16-10-11-19-16/h1-9,16,19H,10-12H2,(H,20,23)(H,21,22)/t16-/m1/s1. The zero-order valence-electron chi connectivity index (χ0n) is 13.1. The van der Waals surface area contributed by atoms with Crippen molar-refractivity contribution < 1.29 is 14.4 Å². The molecule has 6 nitrogen and oxygen atoms in total. The van der Waals surface area contributed by atoms with Gasteiger partial charge in [0.05, 0.1) is 12.6 Å². The second-order valence-electron chi connectivity index (χ2n) is 5.57. The largest absolute Gasteiger partial charge is 0.325 e. The average Bonchev–Trinajstić information content (AvgIpc) is 2.54. The van der Waals surface area contributed by atoms with Crippen molar-refractivity contribution in [2.45, 2.75) is 19.1 Å². The fourth-order valence-corrected chi connectivity index (χ4v) is 2.26. The van der Waals surface area contributed by atoms with Crippen LogP contribution in [0.3, 0.4) is 0 Å².